The highest BCUT2D eigenvalue weighted by Gasteiger charge is 2.27. The number of carbonyl (C=O) groups is 1. The highest BCUT2D eigenvalue weighted by molar-refractivity contribution is 14.0. The van der Waals surface area contributed by atoms with Crippen molar-refractivity contribution >= 4 is 35.8 Å². The summed E-state index contributed by atoms with van der Waals surface area (Å²) in [7, 11) is 0. The number of nitrogens with zero attached hydrogens (tertiary/aromatic N) is 3. The van der Waals surface area contributed by atoms with E-state index in [1.165, 1.54) is 6.42 Å². The number of rotatable bonds is 4. The number of guanidine groups is 1. The third-order valence-corrected chi connectivity index (χ3v) is 5.24. The van der Waals surface area contributed by atoms with E-state index in [4.69, 9.17) is 10.5 Å². The summed E-state index contributed by atoms with van der Waals surface area (Å²) in [5, 5.41) is 0. The first-order valence-corrected chi connectivity index (χ1v) is 9.61. The van der Waals surface area contributed by atoms with Crippen LogP contribution in [0.1, 0.15) is 31.2 Å². The molecule has 3 rings (SSSR count). The van der Waals surface area contributed by atoms with Gasteiger partial charge in [-0.1, -0.05) is 37.3 Å². The Morgan fingerprint density at radius 3 is 2.59 bits per heavy atom. The van der Waals surface area contributed by atoms with Crippen LogP contribution in [0.5, 0.6) is 0 Å². The maximum Gasteiger partial charge on any atom is 0.232 e. The Labute approximate surface area is 179 Å². The minimum atomic E-state index is -0.296. The van der Waals surface area contributed by atoms with E-state index in [0.29, 0.717) is 44.7 Å². The summed E-state index contributed by atoms with van der Waals surface area (Å²) >= 11 is 0. The smallest absolute Gasteiger partial charge is 0.232 e. The van der Waals surface area contributed by atoms with Crippen molar-refractivity contribution in [2.75, 3.05) is 45.9 Å². The first-order chi connectivity index (χ1) is 12.6. The summed E-state index contributed by atoms with van der Waals surface area (Å²) in [5.74, 6) is 1.02. The van der Waals surface area contributed by atoms with Gasteiger partial charge in [0.25, 0.3) is 0 Å². The minimum Gasteiger partial charge on any atom is -0.378 e. The lowest BCUT2D eigenvalue weighted by molar-refractivity contribution is -0.136. The van der Waals surface area contributed by atoms with Gasteiger partial charge in [0.1, 0.15) is 0 Å². The van der Waals surface area contributed by atoms with Crippen molar-refractivity contribution < 1.29 is 9.53 Å². The van der Waals surface area contributed by atoms with Crippen molar-refractivity contribution in [3.63, 3.8) is 0 Å². The number of ether oxygens (including phenoxy) is 1. The van der Waals surface area contributed by atoms with Crippen LogP contribution in [-0.2, 0) is 9.53 Å². The molecule has 2 unspecified atom stereocenters. The number of nitrogens with two attached hydrogens (primary N) is 1. The second-order valence-electron chi connectivity index (χ2n) is 7.29. The number of hydrogen-bond donors (Lipinski definition) is 1. The average molecular weight is 486 g/mol. The molecule has 2 N–H and O–H groups in total. The maximum absolute atomic E-state index is 13.1. The van der Waals surface area contributed by atoms with E-state index in [-0.39, 0.29) is 35.8 Å². The van der Waals surface area contributed by atoms with E-state index in [0.717, 1.165) is 25.1 Å². The minimum absolute atomic E-state index is 0. The van der Waals surface area contributed by atoms with Gasteiger partial charge in [-0.15, -0.1) is 24.0 Å². The normalized spacial score (nSPS) is 22.1. The van der Waals surface area contributed by atoms with Crippen molar-refractivity contribution in [1.29, 1.82) is 0 Å². The quantitative estimate of drug-likeness (QED) is 0.403. The number of halogens is 1. The molecule has 2 heterocycles. The molecule has 0 saturated carbocycles. The number of benzene rings is 1. The fourth-order valence-electron chi connectivity index (χ4n) is 3.70. The molecule has 150 valence electrons. The fraction of sp³-hybridized carbons (Fsp3) is 0.600. The Morgan fingerprint density at radius 1 is 1.22 bits per heavy atom. The Morgan fingerprint density at radius 2 is 1.93 bits per heavy atom. The van der Waals surface area contributed by atoms with Crippen LogP contribution in [0.2, 0.25) is 0 Å². The molecule has 0 aromatic heterocycles. The van der Waals surface area contributed by atoms with E-state index < -0.39 is 0 Å². The van der Waals surface area contributed by atoms with Crippen LogP contribution >= 0.6 is 24.0 Å². The summed E-state index contributed by atoms with van der Waals surface area (Å²) in [6.07, 6.45) is 2.39. The van der Waals surface area contributed by atoms with Gasteiger partial charge >= 0.3 is 0 Å². The molecule has 1 amide bonds. The van der Waals surface area contributed by atoms with Gasteiger partial charge in [-0.2, -0.15) is 0 Å². The standard InChI is InChI=1S/C20H30N4O2.HI/c1-16-6-5-9-24(15-16)20(21)22-14-18(17-7-3-2-4-8-17)19(25)23-10-12-26-13-11-23;/h2-4,7-8,16,18H,5-6,9-15H2,1H3,(H2,21,22);1H. The lowest BCUT2D eigenvalue weighted by Gasteiger charge is -2.32. The Balaban J connectivity index is 0.00000261. The molecule has 7 heteroatoms. The lowest BCUT2D eigenvalue weighted by Crippen LogP contribution is -2.45. The Hall–Kier alpha value is -1.35. The molecule has 1 aromatic carbocycles. The van der Waals surface area contributed by atoms with Crippen LogP contribution in [0, 0.1) is 5.92 Å². The summed E-state index contributed by atoms with van der Waals surface area (Å²) in [5.41, 5.74) is 7.24. The zero-order valence-corrected chi connectivity index (χ0v) is 18.4. The molecular formula is C20H31IN4O2. The molecule has 0 spiro atoms. The molecule has 0 aliphatic carbocycles. The maximum atomic E-state index is 13.1. The first-order valence-electron chi connectivity index (χ1n) is 9.61. The highest BCUT2D eigenvalue weighted by atomic mass is 127. The number of amides is 1. The molecule has 6 nitrogen and oxygen atoms in total. The second kappa shape index (κ2) is 10.8. The Kier molecular flexibility index (Phi) is 8.82. The molecule has 2 saturated heterocycles. The number of likely N-dealkylation sites (tertiary alicyclic amines) is 1. The molecule has 2 atom stereocenters. The van der Waals surface area contributed by atoms with E-state index in [9.17, 15) is 4.79 Å². The summed E-state index contributed by atoms with van der Waals surface area (Å²) < 4.78 is 5.37. The Bertz CT molecular complexity index is 620. The number of carbonyl (C=O) groups excluding carboxylic acids is 1. The van der Waals surface area contributed by atoms with Crippen LogP contribution in [0.3, 0.4) is 0 Å². The van der Waals surface area contributed by atoms with Gasteiger partial charge in [-0.05, 0) is 24.3 Å². The van der Waals surface area contributed by atoms with E-state index >= 15 is 0 Å². The summed E-state index contributed by atoms with van der Waals surface area (Å²) in [6.45, 7) is 7.02. The van der Waals surface area contributed by atoms with Gasteiger partial charge in [0.05, 0.1) is 25.7 Å². The zero-order valence-electron chi connectivity index (χ0n) is 16.0. The molecule has 0 radical (unpaired) electrons. The van der Waals surface area contributed by atoms with Crippen molar-refractivity contribution in [3.05, 3.63) is 35.9 Å². The number of morpholine rings is 1. The third kappa shape index (κ3) is 6.07. The van der Waals surface area contributed by atoms with Crippen LogP contribution < -0.4 is 5.73 Å². The van der Waals surface area contributed by atoms with Crippen LogP contribution in [0.15, 0.2) is 35.3 Å². The monoisotopic (exact) mass is 486 g/mol. The van der Waals surface area contributed by atoms with Gasteiger partial charge in [-0.3, -0.25) is 9.79 Å². The largest absolute Gasteiger partial charge is 0.378 e. The third-order valence-electron chi connectivity index (χ3n) is 5.24. The van der Waals surface area contributed by atoms with E-state index in [1.54, 1.807) is 0 Å². The molecule has 2 aliphatic rings. The van der Waals surface area contributed by atoms with Crippen LogP contribution in [-0.4, -0.2) is 67.6 Å². The highest BCUT2D eigenvalue weighted by Crippen LogP contribution is 2.21. The number of piperidine rings is 1. The number of aliphatic imine (C=N–C) groups is 1. The predicted molar refractivity (Wildman–Crippen MR) is 118 cm³/mol. The van der Waals surface area contributed by atoms with Gasteiger partial charge < -0.3 is 20.3 Å². The molecule has 1 aromatic rings. The van der Waals surface area contributed by atoms with Gasteiger partial charge in [0.15, 0.2) is 5.96 Å². The van der Waals surface area contributed by atoms with E-state index in [2.05, 4.69) is 16.8 Å². The number of hydrogen-bond acceptors (Lipinski definition) is 3. The van der Waals surface area contributed by atoms with Crippen molar-refractivity contribution in [1.82, 2.24) is 9.80 Å². The molecule has 2 aliphatic heterocycles. The zero-order chi connectivity index (χ0) is 18.4. The molecular weight excluding hydrogens is 455 g/mol. The molecule has 27 heavy (non-hydrogen) atoms. The van der Waals surface area contributed by atoms with Crippen molar-refractivity contribution in [3.8, 4) is 0 Å². The fourth-order valence-corrected chi connectivity index (χ4v) is 3.70. The van der Waals surface area contributed by atoms with Gasteiger partial charge in [0.2, 0.25) is 5.91 Å². The average Bonchev–Trinajstić information content (AvgIpc) is 2.69. The second-order valence-corrected chi connectivity index (χ2v) is 7.29. The SMILES string of the molecule is CC1CCCN(C(N)=NCC(C(=O)N2CCOCC2)c2ccccc2)C1.I. The lowest BCUT2D eigenvalue weighted by atomic mass is 9.97. The van der Waals surface area contributed by atoms with Gasteiger partial charge in [0, 0.05) is 26.2 Å². The van der Waals surface area contributed by atoms with Crippen molar-refractivity contribution in [2.45, 2.75) is 25.7 Å². The topological polar surface area (TPSA) is 71.2 Å². The van der Waals surface area contributed by atoms with Crippen LogP contribution in [0.4, 0.5) is 0 Å². The van der Waals surface area contributed by atoms with E-state index in [1.807, 2.05) is 35.2 Å². The molecule has 0 bridgehead atoms. The predicted octanol–water partition coefficient (Wildman–Crippen LogP) is 2.29. The summed E-state index contributed by atoms with van der Waals surface area (Å²) in [4.78, 5) is 21.7. The van der Waals surface area contributed by atoms with Crippen molar-refractivity contribution in [2.24, 2.45) is 16.6 Å². The molecule has 2 fully saturated rings. The van der Waals surface area contributed by atoms with Gasteiger partial charge in [-0.25, -0.2) is 0 Å². The summed E-state index contributed by atoms with van der Waals surface area (Å²) in [6, 6.07) is 9.89. The van der Waals surface area contributed by atoms with Crippen LogP contribution in [0.25, 0.3) is 0 Å². The first kappa shape index (κ1) is 21.9.